The van der Waals surface area contributed by atoms with Gasteiger partial charge in [-0.2, -0.15) is 17.0 Å². The number of hydrogen-bond donors (Lipinski definition) is 0. The number of rotatable bonds is 6. The summed E-state index contributed by atoms with van der Waals surface area (Å²) in [5.74, 6) is 0.726. The van der Waals surface area contributed by atoms with Gasteiger partial charge in [0.2, 0.25) is 0 Å². The number of ether oxygens (including phenoxy) is 1. The fourth-order valence-corrected chi connectivity index (χ4v) is 5.33. The zero-order chi connectivity index (χ0) is 20.3. The Morgan fingerprint density at radius 2 is 1.59 bits per heavy atom. The molecule has 29 heavy (non-hydrogen) atoms. The largest absolute Gasteiger partial charge is 0.489 e. The normalized spacial score (nSPS) is 18.8. The van der Waals surface area contributed by atoms with Gasteiger partial charge < -0.3 is 14.1 Å². The molecule has 3 heterocycles. The summed E-state index contributed by atoms with van der Waals surface area (Å²) < 4.78 is 39.5. The maximum Gasteiger partial charge on any atom is 0.290 e. The van der Waals surface area contributed by atoms with E-state index in [2.05, 4.69) is 0 Å². The summed E-state index contributed by atoms with van der Waals surface area (Å²) in [6, 6.07) is 11.1. The summed E-state index contributed by atoms with van der Waals surface area (Å²) in [6.07, 6.45) is 3.29. The van der Waals surface area contributed by atoms with Crippen LogP contribution in [0.1, 0.15) is 29.0 Å². The van der Waals surface area contributed by atoms with Crippen molar-refractivity contribution in [2.45, 2.75) is 19.4 Å². The second-order valence-electron chi connectivity index (χ2n) is 7.18. The average Bonchev–Trinajstić information content (AvgIpc) is 3.45. The van der Waals surface area contributed by atoms with Crippen LogP contribution in [0.5, 0.6) is 5.75 Å². The van der Waals surface area contributed by atoms with Gasteiger partial charge in [-0.3, -0.25) is 4.79 Å². The number of para-hydroxylation sites is 1. The fraction of sp³-hybridized carbons (Fsp3) is 0.450. The summed E-state index contributed by atoms with van der Waals surface area (Å²) in [6.45, 7) is 2.65. The van der Waals surface area contributed by atoms with Crippen molar-refractivity contribution in [2.24, 2.45) is 0 Å². The molecule has 0 atom stereocenters. The van der Waals surface area contributed by atoms with E-state index in [0.717, 1.165) is 12.8 Å². The van der Waals surface area contributed by atoms with Gasteiger partial charge in [0.05, 0.1) is 6.26 Å². The topological polar surface area (TPSA) is 83.3 Å². The quantitative estimate of drug-likeness (QED) is 0.715. The van der Waals surface area contributed by atoms with Crippen molar-refractivity contribution in [1.29, 1.82) is 0 Å². The lowest BCUT2D eigenvalue weighted by molar-refractivity contribution is 0.0659. The van der Waals surface area contributed by atoms with E-state index in [1.54, 1.807) is 11.0 Å². The van der Waals surface area contributed by atoms with Crippen LogP contribution >= 0.6 is 0 Å². The Kier molecular flexibility index (Phi) is 5.89. The van der Waals surface area contributed by atoms with Crippen molar-refractivity contribution >= 4 is 16.1 Å². The molecule has 2 aliphatic heterocycles. The third-order valence-corrected chi connectivity index (χ3v) is 7.36. The van der Waals surface area contributed by atoms with E-state index in [-0.39, 0.29) is 18.3 Å². The van der Waals surface area contributed by atoms with Crippen LogP contribution in [-0.4, -0.2) is 67.1 Å². The van der Waals surface area contributed by atoms with Gasteiger partial charge in [-0.1, -0.05) is 18.2 Å². The van der Waals surface area contributed by atoms with Crippen molar-refractivity contribution in [3.63, 3.8) is 0 Å². The van der Waals surface area contributed by atoms with Crippen LogP contribution in [-0.2, 0) is 16.8 Å². The number of carbonyl (C=O) groups excluding carboxylic acids is 1. The number of piperazine rings is 1. The van der Waals surface area contributed by atoms with Crippen molar-refractivity contribution in [2.75, 3.05) is 39.3 Å². The number of nitrogens with zero attached hydrogens (tertiary/aromatic N) is 3. The highest BCUT2D eigenvalue weighted by Crippen LogP contribution is 2.21. The summed E-state index contributed by atoms with van der Waals surface area (Å²) in [5.41, 5.74) is 0.672. The molecule has 1 aromatic heterocycles. The van der Waals surface area contributed by atoms with Crippen molar-refractivity contribution < 1.29 is 22.4 Å². The first kappa shape index (κ1) is 19.9. The standard InChI is InChI=1S/C20H25N3O5S/c24-20(19-17(8-15-27-19)16-28-18-6-2-1-3-7-18)21-11-13-23(14-12-21)29(25,26)22-9-4-5-10-22/h1-3,6-8,15H,4-5,9-14,16H2. The molecule has 0 N–H and O–H groups in total. The van der Waals surface area contributed by atoms with Crippen LogP contribution in [0.2, 0.25) is 0 Å². The molecule has 8 nitrogen and oxygen atoms in total. The Bertz CT molecular complexity index is 930. The van der Waals surface area contributed by atoms with Gasteiger partial charge in [0, 0.05) is 44.8 Å². The maximum absolute atomic E-state index is 12.9. The molecule has 0 aliphatic carbocycles. The highest BCUT2D eigenvalue weighted by atomic mass is 32.2. The van der Waals surface area contributed by atoms with Crippen LogP contribution in [0.15, 0.2) is 47.1 Å². The minimum atomic E-state index is -3.43. The van der Waals surface area contributed by atoms with Gasteiger partial charge in [-0.15, -0.1) is 0 Å². The van der Waals surface area contributed by atoms with Crippen LogP contribution in [0, 0.1) is 0 Å². The third kappa shape index (κ3) is 4.31. The molecule has 1 amide bonds. The van der Waals surface area contributed by atoms with Crippen LogP contribution in [0.25, 0.3) is 0 Å². The number of benzene rings is 1. The van der Waals surface area contributed by atoms with Crippen molar-refractivity contribution in [3.8, 4) is 5.75 Å². The monoisotopic (exact) mass is 419 g/mol. The van der Waals surface area contributed by atoms with E-state index in [1.807, 2.05) is 30.3 Å². The summed E-state index contributed by atoms with van der Waals surface area (Å²) in [7, 11) is -3.43. The summed E-state index contributed by atoms with van der Waals surface area (Å²) in [5, 5.41) is 0. The van der Waals surface area contributed by atoms with E-state index < -0.39 is 10.2 Å². The van der Waals surface area contributed by atoms with E-state index in [0.29, 0.717) is 50.6 Å². The molecule has 0 radical (unpaired) electrons. The van der Waals surface area contributed by atoms with E-state index in [4.69, 9.17) is 9.15 Å². The van der Waals surface area contributed by atoms with E-state index in [1.165, 1.54) is 14.9 Å². The second-order valence-corrected chi connectivity index (χ2v) is 9.11. The van der Waals surface area contributed by atoms with Gasteiger partial charge >= 0.3 is 0 Å². The first-order valence-electron chi connectivity index (χ1n) is 9.84. The molecular formula is C20H25N3O5S. The molecule has 2 aliphatic rings. The third-order valence-electron chi connectivity index (χ3n) is 5.32. The van der Waals surface area contributed by atoms with Gasteiger partial charge in [-0.05, 0) is 31.0 Å². The molecule has 156 valence electrons. The lowest BCUT2D eigenvalue weighted by atomic mass is 10.2. The summed E-state index contributed by atoms with van der Waals surface area (Å²) >= 11 is 0. The molecule has 2 saturated heterocycles. The Hall–Kier alpha value is -2.36. The molecule has 9 heteroatoms. The molecule has 0 saturated carbocycles. The van der Waals surface area contributed by atoms with Crippen molar-refractivity contribution in [1.82, 2.24) is 13.5 Å². The Morgan fingerprint density at radius 3 is 2.28 bits per heavy atom. The minimum absolute atomic E-state index is 0.227. The van der Waals surface area contributed by atoms with Crippen LogP contribution < -0.4 is 4.74 Å². The minimum Gasteiger partial charge on any atom is -0.489 e. The maximum atomic E-state index is 12.9. The number of carbonyl (C=O) groups is 1. The zero-order valence-electron chi connectivity index (χ0n) is 16.2. The smallest absolute Gasteiger partial charge is 0.290 e. The SMILES string of the molecule is O=C(c1occc1COc1ccccc1)N1CCN(S(=O)(=O)N2CCCC2)CC1. The van der Waals surface area contributed by atoms with Crippen molar-refractivity contribution in [3.05, 3.63) is 54.0 Å². The second kappa shape index (κ2) is 8.56. The summed E-state index contributed by atoms with van der Waals surface area (Å²) in [4.78, 5) is 14.5. The molecule has 1 aromatic carbocycles. The first-order valence-corrected chi connectivity index (χ1v) is 11.2. The predicted molar refractivity (Wildman–Crippen MR) is 107 cm³/mol. The van der Waals surface area contributed by atoms with Gasteiger partial charge in [0.1, 0.15) is 12.4 Å². The fourth-order valence-electron chi connectivity index (χ4n) is 3.66. The molecule has 2 aromatic rings. The lowest BCUT2D eigenvalue weighted by Crippen LogP contribution is -2.53. The number of amides is 1. The highest BCUT2D eigenvalue weighted by Gasteiger charge is 2.35. The lowest BCUT2D eigenvalue weighted by Gasteiger charge is -2.35. The van der Waals surface area contributed by atoms with Crippen LogP contribution in [0.3, 0.4) is 0 Å². The number of furan rings is 1. The van der Waals surface area contributed by atoms with Gasteiger partial charge in [0.15, 0.2) is 5.76 Å². The molecule has 2 fully saturated rings. The molecule has 4 rings (SSSR count). The molecule has 0 unspecified atom stereocenters. The van der Waals surface area contributed by atoms with Crippen LogP contribution in [0.4, 0.5) is 0 Å². The molecule has 0 spiro atoms. The Balaban J connectivity index is 1.36. The average molecular weight is 420 g/mol. The van der Waals surface area contributed by atoms with Gasteiger partial charge in [-0.25, -0.2) is 0 Å². The Morgan fingerprint density at radius 1 is 0.931 bits per heavy atom. The predicted octanol–water partition coefficient (Wildman–Crippen LogP) is 1.96. The Labute approximate surface area is 170 Å². The zero-order valence-corrected chi connectivity index (χ0v) is 17.0. The molecular weight excluding hydrogens is 394 g/mol. The van der Waals surface area contributed by atoms with Gasteiger partial charge in [0.25, 0.3) is 16.1 Å². The molecule has 0 bridgehead atoms. The first-order chi connectivity index (χ1) is 14.1. The highest BCUT2D eigenvalue weighted by molar-refractivity contribution is 7.86. The van der Waals surface area contributed by atoms with E-state index in [9.17, 15) is 13.2 Å². The van der Waals surface area contributed by atoms with E-state index >= 15 is 0 Å². The number of hydrogen-bond acceptors (Lipinski definition) is 5.